The van der Waals surface area contributed by atoms with Gasteiger partial charge in [0.25, 0.3) is 0 Å². The molecule has 0 aromatic carbocycles. The topological polar surface area (TPSA) is 75.3 Å². The van der Waals surface area contributed by atoms with Crippen molar-refractivity contribution in [3.05, 3.63) is 46.0 Å². The molecule has 1 aliphatic heterocycles. The van der Waals surface area contributed by atoms with Crippen LogP contribution in [0.1, 0.15) is 115 Å². The van der Waals surface area contributed by atoms with Crippen molar-refractivity contribution in [1.29, 1.82) is 0 Å². The normalized spacial score (nSPS) is 38.8. The fourth-order valence-electron chi connectivity index (χ4n) is 9.70. The first-order valence-electron chi connectivity index (χ1n) is 16.3. The summed E-state index contributed by atoms with van der Waals surface area (Å²) in [5, 5.41) is 17.0. The Morgan fingerprint density at radius 3 is 2.65 bits per heavy atom. The van der Waals surface area contributed by atoms with E-state index < -0.39 is 5.60 Å². The summed E-state index contributed by atoms with van der Waals surface area (Å²) >= 11 is 0. The van der Waals surface area contributed by atoms with Crippen molar-refractivity contribution in [2.24, 2.45) is 27.8 Å². The maximum Gasteiger partial charge on any atom is 0.335 e. The van der Waals surface area contributed by atoms with Gasteiger partial charge in [-0.2, -0.15) is 0 Å². The Morgan fingerprint density at radius 1 is 1.00 bits per heavy atom. The van der Waals surface area contributed by atoms with E-state index in [9.17, 15) is 9.90 Å². The summed E-state index contributed by atoms with van der Waals surface area (Å²) in [5.74, 6) is 1.05. The van der Waals surface area contributed by atoms with Crippen LogP contribution < -0.4 is 5.63 Å². The van der Waals surface area contributed by atoms with Gasteiger partial charge in [-0.05, 0) is 144 Å². The van der Waals surface area contributed by atoms with Crippen molar-refractivity contribution >= 4 is 5.71 Å². The number of likely N-dealkylation sites (tertiary alicyclic amines) is 1. The van der Waals surface area contributed by atoms with Gasteiger partial charge in [0.15, 0.2) is 0 Å². The van der Waals surface area contributed by atoms with Gasteiger partial charge in [-0.15, -0.1) is 0 Å². The smallest absolute Gasteiger partial charge is 0.335 e. The van der Waals surface area contributed by atoms with Crippen molar-refractivity contribution < 1.29 is 14.4 Å². The third-order valence-electron chi connectivity index (χ3n) is 12.1. The highest BCUT2D eigenvalue weighted by Crippen LogP contribution is 2.69. The first-order chi connectivity index (χ1) is 19.3. The zero-order valence-corrected chi connectivity index (χ0v) is 24.8. The Morgan fingerprint density at radius 2 is 1.85 bits per heavy atom. The predicted molar refractivity (Wildman–Crippen MR) is 158 cm³/mol. The first-order valence-corrected chi connectivity index (χ1v) is 16.3. The molecule has 220 valence electrons. The molecule has 5 aliphatic rings. The van der Waals surface area contributed by atoms with Gasteiger partial charge in [-0.3, -0.25) is 0 Å². The number of hydrogen-bond acceptors (Lipinski definition) is 6. The second-order valence-electron chi connectivity index (χ2n) is 14.1. The molecule has 0 amide bonds. The highest BCUT2D eigenvalue weighted by Gasteiger charge is 2.66. The molecule has 1 aromatic heterocycles. The molecule has 4 aliphatic carbocycles. The summed E-state index contributed by atoms with van der Waals surface area (Å²) in [4.78, 5) is 20.0. The van der Waals surface area contributed by atoms with Crippen LogP contribution in [0.25, 0.3) is 0 Å². The van der Waals surface area contributed by atoms with E-state index in [1.54, 1.807) is 6.26 Å². The van der Waals surface area contributed by atoms with Crippen LogP contribution in [0.5, 0.6) is 0 Å². The molecule has 1 saturated heterocycles. The van der Waals surface area contributed by atoms with E-state index >= 15 is 0 Å². The van der Waals surface area contributed by atoms with Crippen molar-refractivity contribution in [3.63, 3.8) is 0 Å². The molecule has 2 heterocycles. The lowest BCUT2D eigenvalue weighted by Crippen LogP contribution is -2.60. The number of fused-ring (bicyclic) bond motifs is 5. The van der Waals surface area contributed by atoms with Crippen molar-refractivity contribution in [2.45, 2.75) is 115 Å². The maximum absolute atomic E-state index is 12.4. The second kappa shape index (κ2) is 11.4. The molecule has 1 N–H and O–H groups in total. The number of unbranched alkanes of at least 4 members (excludes halogenated alkanes) is 2. The van der Waals surface area contributed by atoms with E-state index in [1.807, 2.05) is 6.07 Å². The molecule has 0 spiro atoms. The van der Waals surface area contributed by atoms with Gasteiger partial charge < -0.3 is 19.3 Å². The number of piperidine rings is 1. The van der Waals surface area contributed by atoms with E-state index in [2.05, 4.69) is 30.0 Å². The Kier molecular flexibility index (Phi) is 8.04. The van der Waals surface area contributed by atoms with Gasteiger partial charge in [0, 0.05) is 11.5 Å². The quantitative estimate of drug-likeness (QED) is 0.284. The van der Waals surface area contributed by atoms with Gasteiger partial charge in [-0.1, -0.05) is 31.0 Å². The van der Waals surface area contributed by atoms with Crippen molar-refractivity contribution in [1.82, 2.24) is 4.90 Å². The van der Waals surface area contributed by atoms with E-state index in [1.165, 1.54) is 63.4 Å². The fourth-order valence-corrected chi connectivity index (χ4v) is 9.70. The maximum atomic E-state index is 12.4. The molecular formula is C34H50N2O4. The van der Waals surface area contributed by atoms with Crippen LogP contribution in [0, 0.1) is 22.7 Å². The lowest BCUT2D eigenvalue weighted by Gasteiger charge is -2.61. The second-order valence-corrected chi connectivity index (χ2v) is 14.1. The lowest BCUT2D eigenvalue weighted by atomic mass is 9.45. The minimum absolute atomic E-state index is 0.130. The fraction of sp³-hybridized carbons (Fsp3) is 0.765. The van der Waals surface area contributed by atoms with Crippen molar-refractivity contribution in [2.75, 3.05) is 26.2 Å². The zero-order chi connectivity index (χ0) is 27.8. The lowest BCUT2D eigenvalue weighted by molar-refractivity contribution is -0.176. The molecule has 4 fully saturated rings. The van der Waals surface area contributed by atoms with Crippen LogP contribution in [0.2, 0.25) is 0 Å². The minimum atomic E-state index is -0.670. The van der Waals surface area contributed by atoms with Crippen LogP contribution in [-0.2, 0) is 4.84 Å². The van der Waals surface area contributed by atoms with Crippen LogP contribution >= 0.6 is 0 Å². The zero-order valence-electron chi connectivity index (χ0n) is 24.8. The van der Waals surface area contributed by atoms with E-state index in [0.29, 0.717) is 18.4 Å². The summed E-state index contributed by atoms with van der Waals surface area (Å²) in [5.41, 5.74) is 2.66. The van der Waals surface area contributed by atoms with Crippen LogP contribution in [0.3, 0.4) is 0 Å². The van der Waals surface area contributed by atoms with E-state index in [0.717, 1.165) is 69.1 Å². The van der Waals surface area contributed by atoms with Gasteiger partial charge in [0.1, 0.15) is 6.61 Å². The summed E-state index contributed by atoms with van der Waals surface area (Å²) in [7, 11) is 0. The number of aliphatic hydroxyl groups is 1. The molecule has 0 unspecified atom stereocenters. The monoisotopic (exact) mass is 550 g/mol. The van der Waals surface area contributed by atoms with Crippen LogP contribution in [0.15, 0.2) is 44.4 Å². The predicted octanol–water partition coefficient (Wildman–Crippen LogP) is 6.83. The van der Waals surface area contributed by atoms with Crippen LogP contribution in [-0.4, -0.2) is 47.6 Å². The molecule has 1 aromatic rings. The van der Waals surface area contributed by atoms with E-state index in [4.69, 9.17) is 9.25 Å². The summed E-state index contributed by atoms with van der Waals surface area (Å²) in [6, 6.07) is 3.45. The van der Waals surface area contributed by atoms with Gasteiger partial charge in [0.2, 0.25) is 0 Å². The molecule has 40 heavy (non-hydrogen) atoms. The Hall–Kier alpha value is -1.92. The largest absolute Gasteiger partial charge is 0.431 e. The Balaban J connectivity index is 1.06. The third kappa shape index (κ3) is 5.02. The first kappa shape index (κ1) is 28.2. The number of hydrogen-bond donors (Lipinski definition) is 1. The average molecular weight is 551 g/mol. The van der Waals surface area contributed by atoms with Crippen molar-refractivity contribution in [3.8, 4) is 0 Å². The minimum Gasteiger partial charge on any atom is -0.431 e. The standard InChI is InChI=1S/C34H50N2O4/c1-32-16-13-27(35-40-22-8-4-7-21-36-19-5-3-6-20-36)23-26(32)10-11-30-29(32)14-17-33(2)28(15-18-34(30,33)38)25-9-12-31(37)39-24-25/h9,12,23-24,28-30,38H,3-8,10-11,13-22H2,1-2H3/t28-,29+,30-,32+,33-,34+/m1/s1. The summed E-state index contributed by atoms with van der Waals surface area (Å²) in [6.45, 7) is 9.28. The Bertz CT molecular complexity index is 1150. The number of allylic oxidation sites excluding steroid dienone is 2. The molecule has 6 nitrogen and oxygen atoms in total. The van der Waals surface area contributed by atoms with Crippen LogP contribution in [0.4, 0.5) is 0 Å². The number of rotatable bonds is 8. The average Bonchev–Trinajstić information content (AvgIpc) is 3.24. The molecule has 3 saturated carbocycles. The molecule has 0 bridgehead atoms. The van der Waals surface area contributed by atoms with Gasteiger partial charge >= 0.3 is 5.63 Å². The number of oxime groups is 1. The van der Waals surface area contributed by atoms with E-state index in [-0.39, 0.29) is 22.4 Å². The molecule has 6 atom stereocenters. The SMILES string of the molecule is C[C@]12CCC(=NOCCCCCN3CCCCC3)C=C1CC[C@@H]1[C@@H]2CC[C@]2(C)[C@@H](c3ccc(=O)oc3)CC[C@]12O. The van der Waals surface area contributed by atoms with Gasteiger partial charge in [0.05, 0.1) is 17.6 Å². The molecule has 0 radical (unpaired) electrons. The summed E-state index contributed by atoms with van der Waals surface area (Å²) in [6.07, 6.45) is 19.8. The third-order valence-corrected chi connectivity index (χ3v) is 12.1. The Labute approximate surface area is 240 Å². The molecule has 6 rings (SSSR count). The van der Waals surface area contributed by atoms with Gasteiger partial charge in [-0.25, -0.2) is 4.79 Å². The molecular weight excluding hydrogens is 500 g/mol. The summed E-state index contributed by atoms with van der Waals surface area (Å²) < 4.78 is 5.24. The molecule has 6 heteroatoms. The highest BCUT2D eigenvalue weighted by atomic mass is 16.6. The highest BCUT2D eigenvalue weighted by molar-refractivity contribution is 5.96. The number of nitrogens with zero attached hydrogens (tertiary/aromatic N) is 2.